The molecule has 1 aliphatic rings. The number of hydrogen-bond donors (Lipinski definition) is 1. The molecule has 0 atom stereocenters. The summed E-state index contributed by atoms with van der Waals surface area (Å²) in [6, 6.07) is 13.2. The summed E-state index contributed by atoms with van der Waals surface area (Å²) >= 11 is 1.37. The van der Waals surface area contributed by atoms with Gasteiger partial charge in [0.25, 0.3) is 5.91 Å². The Bertz CT molecular complexity index is 1150. The predicted molar refractivity (Wildman–Crippen MR) is 117 cm³/mol. The second-order valence-electron chi connectivity index (χ2n) is 7.03. The number of benzene rings is 2. The van der Waals surface area contributed by atoms with Crippen LogP contribution in [0.4, 0.5) is 5.00 Å². The second-order valence-corrected chi connectivity index (χ2v) is 8.13. The summed E-state index contributed by atoms with van der Waals surface area (Å²) in [5, 5.41) is 4.99. The summed E-state index contributed by atoms with van der Waals surface area (Å²) < 4.78 is 15.5. The van der Waals surface area contributed by atoms with Gasteiger partial charge < -0.3 is 19.5 Å². The molecular weight excluding hydrogens is 418 g/mol. The molecule has 1 aromatic heterocycles. The lowest BCUT2D eigenvalue weighted by molar-refractivity contribution is -0.149. The van der Waals surface area contributed by atoms with Crippen LogP contribution < -0.4 is 10.1 Å². The average molecular weight is 439 g/mol. The number of nitrogens with one attached hydrogen (secondary N) is 1. The smallest absolute Gasteiger partial charge is 0.344 e. The van der Waals surface area contributed by atoms with E-state index in [4.69, 9.17) is 14.2 Å². The van der Waals surface area contributed by atoms with E-state index in [0.717, 1.165) is 40.5 Å². The van der Waals surface area contributed by atoms with E-state index in [2.05, 4.69) is 5.32 Å². The van der Waals surface area contributed by atoms with Gasteiger partial charge in [-0.15, -0.1) is 11.3 Å². The Morgan fingerprint density at radius 2 is 1.84 bits per heavy atom. The van der Waals surface area contributed by atoms with Crippen molar-refractivity contribution in [1.29, 1.82) is 0 Å². The summed E-state index contributed by atoms with van der Waals surface area (Å²) in [6.45, 7) is -0.789. The third-order valence-corrected chi connectivity index (χ3v) is 6.23. The van der Waals surface area contributed by atoms with E-state index in [-0.39, 0.29) is 6.61 Å². The van der Waals surface area contributed by atoms with Gasteiger partial charge in [0.1, 0.15) is 10.8 Å². The number of esters is 2. The minimum absolute atomic E-state index is 0.317. The van der Waals surface area contributed by atoms with Gasteiger partial charge in [-0.05, 0) is 36.3 Å². The molecule has 2 aromatic carbocycles. The quantitative estimate of drug-likeness (QED) is 0.564. The van der Waals surface area contributed by atoms with Crippen LogP contribution in [0.25, 0.3) is 10.8 Å². The molecule has 0 unspecified atom stereocenters. The third kappa shape index (κ3) is 4.54. The lowest BCUT2D eigenvalue weighted by Crippen LogP contribution is -2.24. The molecule has 3 aromatic rings. The topological polar surface area (TPSA) is 90.9 Å². The highest BCUT2D eigenvalue weighted by atomic mass is 32.1. The van der Waals surface area contributed by atoms with E-state index < -0.39 is 24.5 Å². The molecule has 31 heavy (non-hydrogen) atoms. The Hall–Kier alpha value is -3.39. The SMILES string of the molecule is COC(=O)c1c(NC(=O)COC(=O)COc2cccc3ccccc23)sc2c1CCC2. The highest BCUT2D eigenvalue weighted by Gasteiger charge is 2.28. The average Bonchev–Trinajstić information content (AvgIpc) is 3.36. The fourth-order valence-corrected chi connectivity index (χ4v) is 4.91. The summed E-state index contributed by atoms with van der Waals surface area (Å²) in [7, 11) is 1.31. The summed E-state index contributed by atoms with van der Waals surface area (Å²) in [4.78, 5) is 37.6. The van der Waals surface area contributed by atoms with Gasteiger partial charge in [0.05, 0.1) is 12.7 Å². The van der Waals surface area contributed by atoms with E-state index in [1.165, 1.54) is 18.4 Å². The first-order valence-corrected chi connectivity index (χ1v) is 10.7. The molecule has 1 N–H and O–H groups in total. The minimum Gasteiger partial charge on any atom is -0.481 e. The zero-order valence-electron chi connectivity index (χ0n) is 16.9. The van der Waals surface area contributed by atoms with Crippen molar-refractivity contribution in [1.82, 2.24) is 0 Å². The molecule has 4 rings (SSSR count). The van der Waals surface area contributed by atoms with Crippen LogP contribution in [0, 0.1) is 0 Å². The van der Waals surface area contributed by atoms with Crippen molar-refractivity contribution in [3.05, 3.63) is 58.5 Å². The van der Waals surface area contributed by atoms with Gasteiger partial charge in [0.15, 0.2) is 13.2 Å². The first-order valence-electron chi connectivity index (χ1n) is 9.85. The fraction of sp³-hybridized carbons (Fsp3) is 0.261. The Labute approximate surface area is 182 Å². The second kappa shape index (κ2) is 9.18. The van der Waals surface area contributed by atoms with E-state index in [1.54, 1.807) is 6.07 Å². The number of anilines is 1. The van der Waals surface area contributed by atoms with Gasteiger partial charge in [-0.1, -0.05) is 36.4 Å². The van der Waals surface area contributed by atoms with Gasteiger partial charge >= 0.3 is 11.9 Å². The van der Waals surface area contributed by atoms with Gasteiger partial charge in [-0.3, -0.25) is 4.79 Å². The molecule has 1 amide bonds. The van der Waals surface area contributed by atoms with Crippen molar-refractivity contribution in [3.8, 4) is 5.75 Å². The molecule has 1 aliphatic carbocycles. The predicted octanol–water partition coefficient (Wildman–Crippen LogP) is 3.74. The normalized spacial score (nSPS) is 12.3. The van der Waals surface area contributed by atoms with Crippen LogP contribution in [-0.2, 0) is 31.9 Å². The molecule has 160 valence electrons. The number of aryl methyl sites for hydroxylation is 1. The number of carbonyl (C=O) groups is 3. The van der Waals surface area contributed by atoms with Crippen molar-refractivity contribution >= 4 is 45.0 Å². The highest BCUT2D eigenvalue weighted by Crippen LogP contribution is 2.39. The van der Waals surface area contributed by atoms with E-state index in [9.17, 15) is 14.4 Å². The standard InChI is InChI=1S/C23H21NO6S/c1-28-23(27)21-16-9-5-11-18(16)31-22(21)24-19(25)12-30-20(26)13-29-17-10-4-7-14-6-2-3-8-15(14)17/h2-4,6-8,10H,5,9,11-13H2,1H3,(H,24,25). The van der Waals surface area contributed by atoms with Crippen molar-refractivity contribution in [2.75, 3.05) is 25.6 Å². The molecule has 1 heterocycles. The van der Waals surface area contributed by atoms with Crippen molar-refractivity contribution < 1.29 is 28.6 Å². The van der Waals surface area contributed by atoms with E-state index in [0.29, 0.717) is 16.3 Å². The number of fused-ring (bicyclic) bond motifs is 2. The third-order valence-electron chi connectivity index (χ3n) is 5.02. The maximum Gasteiger partial charge on any atom is 0.344 e. The van der Waals surface area contributed by atoms with Crippen LogP contribution in [-0.4, -0.2) is 38.2 Å². The number of rotatable bonds is 7. The fourth-order valence-electron chi connectivity index (χ4n) is 3.62. The van der Waals surface area contributed by atoms with Crippen LogP contribution in [0.1, 0.15) is 27.2 Å². The largest absolute Gasteiger partial charge is 0.481 e. The molecule has 0 bridgehead atoms. The molecule has 0 radical (unpaired) electrons. The molecule has 7 nitrogen and oxygen atoms in total. The zero-order chi connectivity index (χ0) is 21.8. The van der Waals surface area contributed by atoms with Crippen LogP contribution in [0.3, 0.4) is 0 Å². The molecule has 0 fully saturated rings. The molecule has 0 saturated heterocycles. The lowest BCUT2D eigenvalue weighted by atomic mass is 10.1. The minimum atomic E-state index is -0.662. The Morgan fingerprint density at radius 1 is 1.03 bits per heavy atom. The van der Waals surface area contributed by atoms with Crippen LogP contribution in [0.5, 0.6) is 5.75 Å². The monoisotopic (exact) mass is 439 g/mol. The molecule has 0 saturated carbocycles. The summed E-state index contributed by atoms with van der Waals surface area (Å²) in [5.74, 6) is -1.10. The molecule has 8 heteroatoms. The lowest BCUT2D eigenvalue weighted by Gasteiger charge is -2.10. The Kier molecular flexibility index (Phi) is 6.18. The van der Waals surface area contributed by atoms with Gasteiger partial charge in [-0.25, -0.2) is 9.59 Å². The number of carbonyl (C=O) groups excluding carboxylic acids is 3. The van der Waals surface area contributed by atoms with Gasteiger partial charge in [-0.2, -0.15) is 0 Å². The first kappa shape index (κ1) is 20.9. The number of hydrogen-bond acceptors (Lipinski definition) is 7. The number of ether oxygens (including phenoxy) is 3. The van der Waals surface area contributed by atoms with Crippen LogP contribution in [0.15, 0.2) is 42.5 Å². The summed E-state index contributed by atoms with van der Waals surface area (Å²) in [5.41, 5.74) is 1.34. The highest BCUT2D eigenvalue weighted by molar-refractivity contribution is 7.17. The van der Waals surface area contributed by atoms with E-state index in [1.807, 2.05) is 36.4 Å². The molecule has 0 spiro atoms. The van der Waals surface area contributed by atoms with Crippen molar-refractivity contribution in [3.63, 3.8) is 0 Å². The number of amides is 1. The first-order chi connectivity index (χ1) is 15.1. The zero-order valence-corrected chi connectivity index (χ0v) is 17.8. The maximum atomic E-state index is 12.3. The van der Waals surface area contributed by atoms with E-state index >= 15 is 0 Å². The van der Waals surface area contributed by atoms with Crippen molar-refractivity contribution in [2.45, 2.75) is 19.3 Å². The van der Waals surface area contributed by atoms with Gasteiger partial charge in [0.2, 0.25) is 0 Å². The Balaban J connectivity index is 1.32. The number of methoxy groups -OCH3 is 1. The van der Waals surface area contributed by atoms with Crippen molar-refractivity contribution in [2.24, 2.45) is 0 Å². The van der Waals surface area contributed by atoms with Crippen LogP contribution >= 0.6 is 11.3 Å². The molecule has 0 aliphatic heterocycles. The Morgan fingerprint density at radius 3 is 2.68 bits per heavy atom. The maximum absolute atomic E-state index is 12.3. The molecular formula is C23H21NO6S. The number of thiophene rings is 1. The summed E-state index contributed by atoms with van der Waals surface area (Å²) in [6.07, 6.45) is 2.64. The van der Waals surface area contributed by atoms with Gasteiger partial charge in [0, 0.05) is 10.3 Å². The van der Waals surface area contributed by atoms with Crippen LogP contribution in [0.2, 0.25) is 0 Å².